The third kappa shape index (κ3) is 2.70. The van der Waals surface area contributed by atoms with Gasteiger partial charge < -0.3 is 10.6 Å². The Hall–Kier alpha value is -1.10. The zero-order valence-electron chi connectivity index (χ0n) is 8.16. The molecule has 14 heavy (non-hydrogen) atoms. The van der Waals surface area contributed by atoms with Crippen molar-refractivity contribution in [3.05, 3.63) is 18.0 Å². The predicted octanol–water partition coefficient (Wildman–Crippen LogP) is 0.547. The average Bonchev–Trinajstić information content (AvgIpc) is 2.85. The Labute approximate surface area is 88.7 Å². The van der Waals surface area contributed by atoms with E-state index >= 15 is 0 Å². The Morgan fingerprint density at radius 3 is 3.07 bits per heavy atom. The normalized spacial score (nSPS) is 15.2. The van der Waals surface area contributed by atoms with Gasteiger partial charge in [0.05, 0.1) is 6.20 Å². The van der Waals surface area contributed by atoms with Crippen molar-refractivity contribution < 1.29 is 0 Å². The molecular weight excluding hydrogens is 196 g/mol. The van der Waals surface area contributed by atoms with Crippen LogP contribution in [0.5, 0.6) is 0 Å². The van der Waals surface area contributed by atoms with Gasteiger partial charge in [-0.3, -0.25) is 4.68 Å². The first-order valence-electron chi connectivity index (χ1n) is 4.76. The van der Waals surface area contributed by atoms with E-state index in [4.69, 9.17) is 12.2 Å². The van der Waals surface area contributed by atoms with Crippen LogP contribution in [0.2, 0.25) is 0 Å². The van der Waals surface area contributed by atoms with Gasteiger partial charge in [-0.05, 0) is 25.1 Å². The van der Waals surface area contributed by atoms with E-state index in [9.17, 15) is 0 Å². The van der Waals surface area contributed by atoms with Crippen molar-refractivity contribution in [2.24, 2.45) is 7.05 Å². The van der Waals surface area contributed by atoms with Crippen LogP contribution in [0.25, 0.3) is 0 Å². The van der Waals surface area contributed by atoms with E-state index in [0.717, 1.165) is 17.2 Å². The minimum Gasteiger partial charge on any atom is -0.360 e. The van der Waals surface area contributed by atoms with Crippen molar-refractivity contribution in [3.63, 3.8) is 0 Å². The molecule has 0 spiro atoms. The SMILES string of the molecule is Cn1cc(CNC(=S)NC2CC2)cn1. The second kappa shape index (κ2) is 3.96. The van der Waals surface area contributed by atoms with Crippen molar-refractivity contribution in [2.45, 2.75) is 25.4 Å². The minimum absolute atomic E-state index is 0.615. The average molecular weight is 210 g/mol. The van der Waals surface area contributed by atoms with Gasteiger partial charge in [0.1, 0.15) is 0 Å². The molecule has 0 radical (unpaired) electrons. The molecule has 0 atom stereocenters. The Morgan fingerprint density at radius 1 is 1.71 bits per heavy atom. The van der Waals surface area contributed by atoms with Crippen LogP contribution < -0.4 is 10.6 Å². The standard InChI is InChI=1S/C9H14N4S/c1-13-6-7(5-11-13)4-10-9(14)12-8-2-3-8/h5-6,8H,2-4H2,1H3,(H2,10,12,14). The number of nitrogens with zero attached hydrogens (tertiary/aromatic N) is 2. The summed E-state index contributed by atoms with van der Waals surface area (Å²) in [5, 5.41) is 11.2. The van der Waals surface area contributed by atoms with Gasteiger partial charge >= 0.3 is 0 Å². The summed E-state index contributed by atoms with van der Waals surface area (Å²) < 4.78 is 1.79. The maximum atomic E-state index is 5.13. The minimum atomic E-state index is 0.615. The van der Waals surface area contributed by atoms with Crippen LogP contribution in [0, 0.1) is 0 Å². The van der Waals surface area contributed by atoms with Crippen LogP contribution in [0.4, 0.5) is 0 Å². The summed E-state index contributed by atoms with van der Waals surface area (Å²) >= 11 is 5.13. The summed E-state index contributed by atoms with van der Waals surface area (Å²) in [6.07, 6.45) is 6.31. The Bertz CT molecular complexity index is 329. The molecule has 2 N–H and O–H groups in total. The summed E-state index contributed by atoms with van der Waals surface area (Å²) in [4.78, 5) is 0. The molecule has 0 unspecified atom stereocenters. The molecule has 76 valence electrons. The Morgan fingerprint density at radius 2 is 2.50 bits per heavy atom. The van der Waals surface area contributed by atoms with E-state index in [2.05, 4.69) is 15.7 Å². The van der Waals surface area contributed by atoms with Gasteiger partial charge in [0.2, 0.25) is 0 Å². The van der Waals surface area contributed by atoms with Crippen molar-refractivity contribution in [3.8, 4) is 0 Å². The van der Waals surface area contributed by atoms with Crippen molar-refractivity contribution >= 4 is 17.3 Å². The molecule has 1 aromatic heterocycles. The van der Waals surface area contributed by atoms with Gasteiger partial charge in [0.15, 0.2) is 5.11 Å². The van der Waals surface area contributed by atoms with E-state index in [1.165, 1.54) is 12.8 Å². The van der Waals surface area contributed by atoms with Crippen LogP contribution in [-0.4, -0.2) is 20.9 Å². The first-order chi connectivity index (χ1) is 6.74. The van der Waals surface area contributed by atoms with Crippen LogP contribution in [0.3, 0.4) is 0 Å². The molecule has 1 aromatic rings. The fourth-order valence-corrected chi connectivity index (χ4v) is 1.45. The largest absolute Gasteiger partial charge is 0.360 e. The highest BCUT2D eigenvalue weighted by Crippen LogP contribution is 2.18. The maximum Gasteiger partial charge on any atom is 0.166 e. The number of hydrogen-bond donors (Lipinski definition) is 2. The third-order valence-corrected chi connectivity index (χ3v) is 2.39. The number of nitrogens with one attached hydrogen (secondary N) is 2. The third-order valence-electron chi connectivity index (χ3n) is 2.12. The van der Waals surface area contributed by atoms with Crippen LogP contribution in [0.15, 0.2) is 12.4 Å². The van der Waals surface area contributed by atoms with Crippen molar-refractivity contribution in [2.75, 3.05) is 0 Å². The molecule has 0 aromatic carbocycles. The number of aromatic nitrogens is 2. The highest BCUT2D eigenvalue weighted by Gasteiger charge is 2.21. The quantitative estimate of drug-likeness (QED) is 0.715. The van der Waals surface area contributed by atoms with Crippen molar-refractivity contribution in [1.82, 2.24) is 20.4 Å². The lowest BCUT2D eigenvalue weighted by atomic mass is 10.4. The molecular formula is C9H14N4S. The van der Waals surface area contributed by atoms with Crippen LogP contribution in [-0.2, 0) is 13.6 Å². The number of aryl methyl sites for hydroxylation is 1. The molecule has 4 nitrogen and oxygen atoms in total. The lowest BCUT2D eigenvalue weighted by molar-refractivity contribution is 0.765. The fraction of sp³-hybridized carbons (Fsp3) is 0.556. The van der Waals surface area contributed by atoms with Gasteiger partial charge in [0, 0.05) is 31.4 Å². The van der Waals surface area contributed by atoms with Crippen LogP contribution >= 0.6 is 12.2 Å². The van der Waals surface area contributed by atoms with E-state index < -0.39 is 0 Å². The van der Waals surface area contributed by atoms with Gasteiger partial charge in [0.25, 0.3) is 0 Å². The molecule has 2 rings (SSSR count). The zero-order chi connectivity index (χ0) is 9.97. The second-order valence-electron chi connectivity index (χ2n) is 3.62. The Balaban J connectivity index is 1.73. The number of rotatable bonds is 3. The summed E-state index contributed by atoms with van der Waals surface area (Å²) in [7, 11) is 1.91. The van der Waals surface area contributed by atoms with Gasteiger partial charge in [-0.2, -0.15) is 5.10 Å². The smallest absolute Gasteiger partial charge is 0.166 e. The summed E-state index contributed by atoms with van der Waals surface area (Å²) in [5.74, 6) is 0. The van der Waals surface area contributed by atoms with Gasteiger partial charge in [-0.25, -0.2) is 0 Å². The molecule has 0 amide bonds. The zero-order valence-corrected chi connectivity index (χ0v) is 8.97. The van der Waals surface area contributed by atoms with Crippen LogP contribution in [0.1, 0.15) is 18.4 Å². The fourth-order valence-electron chi connectivity index (χ4n) is 1.21. The van der Waals surface area contributed by atoms with E-state index in [1.807, 2.05) is 19.4 Å². The first kappa shape index (κ1) is 9.45. The number of thiocarbonyl (C=S) groups is 1. The van der Waals surface area contributed by atoms with E-state index in [0.29, 0.717) is 6.04 Å². The van der Waals surface area contributed by atoms with Crippen molar-refractivity contribution in [1.29, 1.82) is 0 Å². The molecule has 0 saturated heterocycles. The highest BCUT2D eigenvalue weighted by molar-refractivity contribution is 7.80. The second-order valence-corrected chi connectivity index (χ2v) is 4.03. The maximum absolute atomic E-state index is 5.13. The molecule has 1 fully saturated rings. The van der Waals surface area contributed by atoms with E-state index in [-0.39, 0.29) is 0 Å². The van der Waals surface area contributed by atoms with E-state index in [1.54, 1.807) is 4.68 Å². The molecule has 1 heterocycles. The molecule has 5 heteroatoms. The molecule has 1 saturated carbocycles. The monoisotopic (exact) mass is 210 g/mol. The molecule has 1 aliphatic carbocycles. The van der Waals surface area contributed by atoms with Gasteiger partial charge in [-0.1, -0.05) is 0 Å². The topological polar surface area (TPSA) is 41.9 Å². The molecule has 1 aliphatic rings. The first-order valence-corrected chi connectivity index (χ1v) is 5.17. The lowest BCUT2D eigenvalue weighted by Gasteiger charge is -2.07. The summed E-state index contributed by atoms with van der Waals surface area (Å²) in [6, 6.07) is 0.615. The lowest BCUT2D eigenvalue weighted by Crippen LogP contribution is -2.35. The Kier molecular flexibility index (Phi) is 2.67. The summed E-state index contributed by atoms with van der Waals surface area (Å²) in [5.41, 5.74) is 1.15. The van der Waals surface area contributed by atoms with Gasteiger partial charge in [-0.15, -0.1) is 0 Å². The number of hydrogen-bond acceptors (Lipinski definition) is 2. The molecule has 0 bridgehead atoms. The summed E-state index contributed by atoms with van der Waals surface area (Å²) in [6.45, 7) is 0.742. The predicted molar refractivity (Wildman–Crippen MR) is 58.8 cm³/mol. The highest BCUT2D eigenvalue weighted by atomic mass is 32.1. The molecule has 0 aliphatic heterocycles.